The summed E-state index contributed by atoms with van der Waals surface area (Å²) in [6.45, 7) is 2.51. The molecule has 1 aliphatic heterocycles. The second-order valence-electron chi connectivity index (χ2n) is 6.59. The Hall–Kier alpha value is -2.71. The topological polar surface area (TPSA) is 89.3 Å². The lowest BCUT2D eigenvalue weighted by molar-refractivity contribution is -0.157. The SMILES string of the molecule is CC(Oc1ccc(Cl)cc1Cl)C(=O)OCC(=O)N1CCN(C(=O)c2ccco2)CC1. The zero-order chi connectivity index (χ0) is 21.7. The van der Waals surface area contributed by atoms with Crippen molar-refractivity contribution in [3.63, 3.8) is 0 Å². The predicted molar refractivity (Wildman–Crippen MR) is 109 cm³/mol. The van der Waals surface area contributed by atoms with E-state index in [-0.39, 0.29) is 28.3 Å². The van der Waals surface area contributed by atoms with Crippen LogP contribution in [0.3, 0.4) is 0 Å². The Bertz CT molecular complexity index is 910. The zero-order valence-corrected chi connectivity index (χ0v) is 17.7. The quantitative estimate of drug-likeness (QED) is 0.623. The first-order valence-electron chi connectivity index (χ1n) is 9.24. The van der Waals surface area contributed by atoms with Crippen molar-refractivity contribution in [2.75, 3.05) is 32.8 Å². The van der Waals surface area contributed by atoms with Crippen molar-refractivity contribution < 1.29 is 28.3 Å². The summed E-state index contributed by atoms with van der Waals surface area (Å²) in [6.07, 6.45) is 0.478. The van der Waals surface area contributed by atoms with E-state index in [0.29, 0.717) is 31.2 Å². The third-order valence-electron chi connectivity index (χ3n) is 4.52. The van der Waals surface area contributed by atoms with Gasteiger partial charge in [-0.2, -0.15) is 0 Å². The molecule has 30 heavy (non-hydrogen) atoms. The molecule has 1 aromatic heterocycles. The molecule has 0 aliphatic carbocycles. The zero-order valence-electron chi connectivity index (χ0n) is 16.2. The molecule has 1 saturated heterocycles. The Labute approximate surface area is 183 Å². The highest BCUT2D eigenvalue weighted by atomic mass is 35.5. The van der Waals surface area contributed by atoms with Crippen LogP contribution < -0.4 is 4.74 Å². The summed E-state index contributed by atoms with van der Waals surface area (Å²) < 4.78 is 15.7. The molecule has 10 heteroatoms. The number of benzene rings is 1. The Kier molecular flexibility index (Phi) is 7.23. The first kappa shape index (κ1) is 22.0. The standard InChI is InChI=1S/C20H20Cl2N2O6/c1-13(30-16-5-4-14(21)11-15(16)22)20(27)29-12-18(25)23-6-8-24(9-7-23)19(26)17-3-2-10-28-17/h2-5,10-11,13H,6-9,12H2,1H3. The summed E-state index contributed by atoms with van der Waals surface area (Å²) in [5.74, 6) is -0.704. The average molecular weight is 455 g/mol. The minimum absolute atomic E-state index is 0.217. The van der Waals surface area contributed by atoms with Gasteiger partial charge in [0, 0.05) is 31.2 Å². The number of hydrogen-bond acceptors (Lipinski definition) is 6. The van der Waals surface area contributed by atoms with Crippen LogP contribution in [0.15, 0.2) is 41.0 Å². The largest absolute Gasteiger partial charge is 0.477 e. The fraction of sp³-hybridized carbons (Fsp3) is 0.350. The molecule has 1 atom stereocenters. The monoisotopic (exact) mass is 454 g/mol. The van der Waals surface area contributed by atoms with Gasteiger partial charge >= 0.3 is 5.97 Å². The predicted octanol–water partition coefficient (Wildman–Crippen LogP) is 2.88. The summed E-state index contributed by atoms with van der Waals surface area (Å²) >= 11 is 11.8. The van der Waals surface area contributed by atoms with Crippen LogP contribution in [0.1, 0.15) is 17.5 Å². The molecule has 1 aliphatic rings. The number of rotatable bonds is 6. The first-order chi connectivity index (χ1) is 14.3. The van der Waals surface area contributed by atoms with Crippen molar-refractivity contribution in [2.45, 2.75) is 13.0 Å². The molecule has 0 bridgehead atoms. The molecule has 1 unspecified atom stereocenters. The summed E-state index contributed by atoms with van der Waals surface area (Å²) in [4.78, 5) is 39.9. The number of esters is 1. The lowest BCUT2D eigenvalue weighted by Gasteiger charge is -2.34. The number of carbonyl (C=O) groups is 3. The maximum absolute atomic E-state index is 12.3. The van der Waals surface area contributed by atoms with Crippen LogP contribution in [0, 0.1) is 0 Å². The Morgan fingerprint density at radius 2 is 1.80 bits per heavy atom. The third kappa shape index (κ3) is 5.46. The van der Waals surface area contributed by atoms with Gasteiger partial charge in [0.05, 0.1) is 11.3 Å². The van der Waals surface area contributed by atoms with Crippen LogP contribution in [-0.2, 0) is 14.3 Å². The van der Waals surface area contributed by atoms with Gasteiger partial charge in [-0.15, -0.1) is 0 Å². The minimum atomic E-state index is -0.959. The van der Waals surface area contributed by atoms with Crippen molar-refractivity contribution in [1.29, 1.82) is 0 Å². The van der Waals surface area contributed by atoms with E-state index in [1.165, 1.54) is 19.3 Å². The second kappa shape index (κ2) is 9.86. The Balaban J connectivity index is 1.43. The van der Waals surface area contributed by atoms with Gasteiger partial charge in [-0.25, -0.2) is 4.79 Å². The highest BCUT2D eigenvalue weighted by Crippen LogP contribution is 2.28. The van der Waals surface area contributed by atoms with Gasteiger partial charge in [0.15, 0.2) is 18.5 Å². The maximum Gasteiger partial charge on any atom is 0.347 e. The fourth-order valence-electron chi connectivity index (χ4n) is 2.87. The Morgan fingerprint density at radius 1 is 1.10 bits per heavy atom. The van der Waals surface area contributed by atoms with Gasteiger partial charge in [-0.1, -0.05) is 23.2 Å². The number of hydrogen-bond donors (Lipinski definition) is 0. The molecule has 2 aromatic rings. The maximum atomic E-state index is 12.3. The number of carbonyl (C=O) groups excluding carboxylic acids is 3. The summed E-state index contributed by atoms with van der Waals surface area (Å²) in [5.41, 5.74) is 0. The highest BCUT2D eigenvalue weighted by molar-refractivity contribution is 6.35. The molecule has 1 aromatic carbocycles. The molecule has 2 heterocycles. The van der Waals surface area contributed by atoms with E-state index in [2.05, 4.69) is 0 Å². The van der Waals surface area contributed by atoms with Gasteiger partial charge in [-0.05, 0) is 37.3 Å². The van der Waals surface area contributed by atoms with Crippen molar-refractivity contribution in [2.24, 2.45) is 0 Å². The van der Waals surface area contributed by atoms with Gasteiger partial charge in [0.2, 0.25) is 0 Å². The minimum Gasteiger partial charge on any atom is -0.477 e. The molecular weight excluding hydrogens is 435 g/mol. The number of halogens is 2. The van der Waals surface area contributed by atoms with Crippen LogP contribution in [-0.4, -0.2) is 66.5 Å². The van der Waals surface area contributed by atoms with E-state index in [4.69, 9.17) is 37.1 Å². The van der Waals surface area contributed by atoms with Crippen LogP contribution in [0.5, 0.6) is 5.75 Å². The van der Waals surface area contributed by atoms with Gasteiger partial charge in [0.1, 0.15) is 5.75 Å². The smallest absolute Gasteiger partial charge is 0.347 e. The number of amides is 2. The molecule has 0 N–H and O–H groups in total. The van der Waals surface area contributed by atoms with Gasteiger partial charge < -0.3 is 23.7 Å². The van der Waals surface area contributed by atoms with Crippen molar-refractivity contribution in [1.82, 2.24) is 9.80 Å². The molecule has 3 rings (SSSR count). The van der Waals surface area contributed by atoms with Gasteiger partial charge in [-0.3, -0.25) is 9.59 Å². The molecule has 0 spiro atoms. The van der Waals surface area contributed by atoms with Crippen LogP contribution in [0.25, 0.3) is 0 Å². The van der Waals surface area contributed by atoms with E-state index in [1.54, 1.807) is 34.1 Å². The molecule has 160 valence electrons. The van der Waals surface area contributed by atoms with Crippen LogP contribution in [0.2, 0.25) is 10.0 Å². The van der Waals surface area contributed by atoms with Gasteiger partial charge in [0.25, 0.3) is 11.8 Å². The molecule has 8 nitrogen and oxygen atoms in total. The van der Waals surface area contributed by atoms with Crippen molar-refractivity contribution >= 4 is 41.0 Å². The molecular formula is C20H20Cl2N2O6. The Morgan fingerprint density at radius 3 is 2.43 bits per heavy atom. The number of piperazine rings is 1. The lowest BCUT2D eigenvalue weighted by atomic mass is 10.3. The summed E-state index contributed by atoms with van der Waals surface area (Å²) in [5, 5.41) is 0.708. The van der Waals surface area contributed by atoms with Crippen molar-refractivity contribution in [3.8, 4) is 5.75 Å². The lowest BCUT2D eigenvalue weighted by Crippen LogP contribution is -2.51. The number of nitrogens with zero attached hydrogens (tertiary/aromatic N) is 2. The highest BCUT2D eigenvalue weighted by Gasteiger charge is 2.27. The van der Waals surface area contributed by atoms with E-state index in [0.717, 1.165) is 0 Å². The number of ether oxygens (including phenoxy) is 2. The van der Waals surface area contributed by atoms with E-state index in [1.807, 2.05) is 0 Å². The second-order valence-corrected chi connectivity index (χ2v) is 7.44. The molecule has 0 saturated carbocycles. The molecule has 1 fully saturated rings. The summed E-state index contributed by atoms with van der Waals surface area (Å²) in [7, 11) is 0. The third-order valence-corrected chi connectivity index (χ3v) is 5.05. The van der Waals surface area contributed by atoms with E-state index < -0.39 is 18.7 Å². The fourth-order valence-corrected chi connectivity index (χ4v) is 3.32. The summed E-state index contributed by atoms with van der Waals surface area (Å²) in [6, 6.07) is 7.87. The van der Waals surface area contributed by atoms with E-state index in [9.17, 15) is 14.4 Å². The molecule has 2 amide bonds. The van der Waals surface area contributed by atoms with Crippen LogP contribution >= 0.6 is 23.2 Å². The van der Waals surface area contributed by atoms with E-state index >= 15 is 0 Å². The van der Waals surface area contributed by atoms with Crippen molar-refractivity contribution in [3.05, 3.63) is 52.4 Å². The first-order valence-corrected chi connectivity index (χ1v) is 9.99. The normalized spacial score (nSPS) is 14.9. The number of furan rings is 1. The molecule has 0 radical (unpaired) electrons. The average Bonchev–Trinajstić information content (AvgIpc) is 3.28. The van der Waals surface area contributed by atoms with Crippen LogP contribution in [0.4, 0.5) is 0 Å².